The lowest BCUT2D eigenvalue weighted by Crippen LogP contribution is -2.39. The number of likely N-dealkylation sites (tertiary alicyclic amines) is 1. The molecule has 1 saturated heterocycles. The number of pyridine rings is 1. The zero-order valence-corrected chi connectivity index (χ0v) is 9.20. The van der Waals surface area contributed by atoms with Crippen molar-refractivity contribution >= 4 is 5.97 Å². The van der Waals surface area contributed by atoms with E-state index in [2.05, 4.69) is 4.98 Å². The number of carbonyl (C=O) groups is 1. The van der Waals surface area contributed by atoms with Gasteiger partial charge in [-0.1, -0.05) is 0 Å². The van der Waals surface area contributed by atoms with E-state index in [1.165, 1.54) is 12.4 Å². The molecule has 3 rings (SSSR count). The van der Waals surface area contributed by atoms with Crippen LogP contribution >= 0.6 is 0 Å². The number of carbonyl (C=O) groups excluding carboxylic acids is 1. The molecular weight excluding hydrogens is 249 g/mol. The highest BCUT2D eigenvalue weighted by atomic mass is 19.4. The van der Waals surface area contributed by atoms with Gasteiger partial charge in [-0.15, -0.1) is 0 Å². The van der Waals surface area contributed by atoms with Crippen molar-refractivity contribution in [3.05, 3.63) is 29.6 Å². The Morgan fingerprint density at radius 2 is 2.22 bits per heavy atom. The first-order valence-electron chi connectivity index (χ1n) is 5.42. The number of hydrogen-bond donors (Lipinski definition) is 0. The Bertz CT molecular complexity index is 517. The molecule has 3 heterocycles. The van der Waals surface area contributed by atoms with Crippen molar-refractivity contribution in [2.24, 2.45) is 0 Å². The second kappa shape index (κ2) is 3.44. The highest BCUT2D eigenvalue weighted by Gasteiger charge is 2.55. The van der Waals surface area contributed by atoms with Gasteiger partial charge in [0.05, 0.1) is 12.1 Å². The number of fused-ring (bicyclic) bond motifs is 2. The maximum atomic E-state index is 12.6. The summed E-state index contributed by atoms with van der Waals surface area (Å²) < 4.78 is 43.1. The fraction of sp³-hybridized carbons (Fsp3) is 0.455. The summed E-state index contributed by atoms with van der Waals surface area (Å²) in [7, 11) is 0. The average molecular weight is 258 g/mol. The van der Waals surface area contributed by atoms with E-state index in [4.69, 9.17) is 4.74 Å². The number of nitrogens with zero attached hydrogens (tertiary/aromatic N) is 2. The molecule has 1 fully saturated rings. The number of hydrogen-bond acceptors (Lipinski definition) is 4. The first kappa shape index (κ1) is 11.5. The molecule has 2 aliphatic rings. The van der Waals surface area contributed by atoms with Gasteiger partial charge in [0.2, 0.25) is 0 Å². The molecule has 1 spiro atoms. The summed E-state index contributed by atoms with van der Waals surface area (Å²) in [4.78, 5) is 15.8. The van der Waals surface area contributed by atoms with Gasteiger partial charge >= 0.3 is 12.3 Å². The zero-order chi connectivity index (χ0) is 13.0. The molecule has 1 atom stereocenters. The maximum Gasteiger partial charge on any atom is 0.460 e. The molecule has 18 heavy (non-hydrogen) atoms. The number of ether oxygens (including phenoxy) is 1. The van der Waals surface area contributed by atoms with Crippen LogP contribution in [-0.2, 0) is 10.3 Å². The van der Waals surface area contributed by atoms with Gasteiger partial charge in [0, 0.05) is 30.9 Å². The Hall–Kier alpha value is -1.63. The largest absolute Gasteiger partial charge is 0.460 e. The predicted octanol–water partition coefficient (Wildman–Crippen LogP) is 1.67. The van der Waals surface area contributed by atoms with E-state index in [-0.39, 0.29) is 25.1 Å². The van der Waals surface area contributed by atoms with Crippen LogP contribution in [0.5, 0.6) is 0 Å². The molecule has 1 aromatic heterocycles. The Labute approximate surface area is 100 Å². The zero-order valence-electron chi connectivity index (χ0n) is 9.20. The number of rotatable bonds is 0. The van der Waals surface area contributed by atoms with Crippen LogP contribution in [0.25, 0.3) is 0 Å². The van der Waals surface area contributed by atoms with E-state index in [1.54, 1.807) is 6.07 Å². The molecular formula is C11H9F3N2O2. The molecule has 96 valence electrons. The second-order valence-corrected chi connectivity index (χ2v) is 4.44. The van der Waals surface area contributed by atoms with Gasteiger partial charge in [0.15, 0.2) is 5.60 Å². The van der Waals surface area contributed by atoms with Gasteiger partial charge in [-0.2, -0.15) is 13.2 Å². The fourth-order valence-corrected chi connectivity index (χ4v) is 2.54. The van der Waals surface area contributed by atoms with Gasteiger partial charge in [0.25, 0.3) is 0 Å². The lowest BCUT2D eigenvalue weighted by Gasteiger charge is -2.24. The van der Waals surface area contributed by atoms with Crippen LogP contribution in [0.4, 0.5) is 13.2 Å². The summed E-state index contributed by atoms with van der Waals surface area (Å²) in [6.07, 6.45) is -1.46. The average Bonchev–Trinajstić information content (AvgIpc) is 2.84. The van der Waals surface area contributed by atoms with E-state index in [0.717, 1.165) is 0 Å². The summed E-state index contributed by atoms with van der Waals surface area (Å²) >= 11 is 0. The van der Waals surface area contributed by atoms with Crippen molar-refractivity contribution in [2.75, 3.05) is 13.1 Å². The highest BCUT2D eigenvalue weighted by molar-refractivity contribution is 5.94. The minimum atomic E-state index is -4.40. The predicted molar refractivity (Wildman–Crippen MR) is 53.6 cm³/mol. The van der Waals surface area contributed by atoms with Crippen molar-refractivity contribution < 1.29 is 22.7 Å². The van der Waals surface area contributed by atoms with Crippen molar-refractivity contribution in [2.45, 2.75) is 18.3 Å². The maximum absolute atomic E-state index is 12.6. The summed E-state index contributed by atoms with van der Waals surface area (Å²) in [5.41, 5.74) is -0.388. The molecule has 0 bridgehead atoms. The van der Waals surface area contributed by atoms with Crippen molar-refractivity contribution in [1.29, 1.82) is 0 Å². The second-order valence-electron chi connectivity index (χ2n) is 4.44. The van der Waals surface area contributed by atoms with Crippen LogP contribution in [0.1, 0.15) is 22.3 Å². The van der Waals surface area contributed by atoms with E-state index in [1.807, 2.05) is 0 Å². The first-order chi connectivity index (χ1) is 8.42. The fourth-order valence-electron chi connectivity index (χ4n) is 2.54. The molecule has 7 heteroatoms. The molecule has 0 saturated carbocycles. The van der Waals surface area contributed by atoms with E-state index in [9.17, 15) is 18.0 Å². The minimum absolute atomic E-state index is 0.148. The summed E-state index contributed by atoms with van der Waals surface area (Å²) in [5, 5.41) is 0. The third-order valence-electron chi connectivity index (χ3n) is 3.41. The standard InChI is InChI=1S/C11H9F3N2O2/c12-11(13,14)16-4-2-10(6-16)8-1-3-15-5-7(8)9(17)18-10/h1,3,5H,2,4,6H2. The van der Waals surface area contributed by atoms with Gasteiger partial charge in [0.1, 0.15) is 0 Å². The Morgan fingerprint density at radius 3 is 2.89 bits per heavy atom. The third kappa shape index (κ3) is 1.50. The number of aromatic nitrogens is 1. The van der Waals surface area contributed by atoms with Gasteiger partial charge in [-0.25, -0.2) is 9.69 Å². The molecule has 0 amide bonds. The normalized spacial score (nSPS) is 27.6. The van der Waals surface area contributed by atoms with E-state index < -0.39 is 17.9 Å². The monoisotopic (exact) mass is 258 g/mol. The molecule has 0 N–H and O–H groups in total. The van der Waals surface area contributed by atoms with Crippen LogP contribution in [-0.4, -0.2) is 35.2 Å². The summed E-state index contributed by atoms with van der Waals surface area (Å²) in [6, 6.07) is 1.56. The number of alkyl halides is 3. The van der Waals surface area contributed by atoms with Gasteiger partial charge < -0.3 is 4.74 Å². The van der Waals surface area contributed by atoms with Crippen LogP contribution in [0.15, 0.2) is 18.5 Å². The molecule has 0 aromatic carbocycles. The lowest BCUT2D eigenvalue weighted by molar-refractivity contribution is -0.242. The van der Waals surface area contributed by atoms with Crippen LogP contribution in [0.3, 0.4) is 0 Å². The molecule has 0 radical (unpaired) electrons. The molecule has 1 unspecified atom stereocenters. The SMILES string of the molecule is O=C1OC2(CCN(C(F)(F)F)C2)c2ccncc21. The third-order valence-corrected chi connectivity index (χ3v) is 3.41. The van der Waals surface area contributed by atoms with Crippen LogP contribution in [0, 0.1) is 0 Å². The number of halogens is 3. The Morgan fingerprint density at radius 1 is 1.44 bits per heavy atom. The molecule has 4 nitrogen and oxygen atoms in total. The Balaban J connectivity index is 1.98. The summed E-state index contributed by atoms with van der Waals surface area (Å²) in [6.45, 7) is -0.516. The topological polar surface area (TPSA) is 42.4 Å². The number of esters is 1. The summed E-state index contributed by atoms with van der Waals surface area (Å²) in [5.74, 6) is -0.595. The van der Waals surface area contributed by atoms with Crippen molar-refractivity contribution in [3.8, 4) is 0 Å². The van der Waals surface area contributed by atoms with Crippen molar-refractivity contribution in [3.63, 3.8) is 0 Å². The lowest BCUT2D eigenvalue weighted by atomic mass is 9.93. The van der Waals surface area contributed by atoms with E-state index >= 15 is 0 Å². The smallest absolute Gasteiger partial charge is 0.449 e. The molecule has 1 aromatic rings. The molecule has 2 aliphatic heterocycles. The molecule has 0 aliphatic carbocycles. The van der Waals surface area contributed by atoms with Crippen LogP contribution < -0.4 is 0 Å². The highest BCUT2D eigenvalue weighted by Crippen LogP contribution is 2.45. The van der Waals surface area contributed by atoms with Gasteiger partial charge in [-0.05, 0) is 6.07 Å². The Kier molecular flexibility index (Phi) is 2.19. The first-order valence-corrected chi connectivity index (χ1v) is 5.42. The van der Waals surface area contributed by atoms with Gasteiger partial charge in [-0.3, -0.25) is 4.98 Å². The van der Waals surface area contributed by atoms with Crippen molar-refractivity contribution in [1.82, 2.24) is 9.88 Å². The minimum Gasteiger partial charge on any atom is -0.449 e. The van der Waals surface area contributed by atoms with Crippen LogP contribution in [0.2, 0.25) is 0 Å². The quantitative estimate of drug-likeness (QED) is 0.524. The van der Waals surface area contributed by atoms with E-state index in [0.29, 0.717) is 10.5 Å².